The number of rotatable bonds is 7. The Morgan fingerprint density at radius 3 is 2.67 bits per heavy atom. The average Bonchev–Trinajstić information content (AvgIpc) is 2.35. The number of amides is 1. The quantitative estimate of drug-likeness (QED) is 0.661. The van der Waals surface area contributed by atoms with Gasteiger partial charge in [0.1, 0.15) is 6.04 Å². The summed E-state index contributed by atoms with van der Waals surface area (Å²) >= 11 is 1.57. The zero-order chi connectivity index (χ0) is 13.4. The summed E-state index contributed by atoms with van der Waals surface area (Å²) in [6.45, 7) is 2.93. The van der Waals surface area contributed by atoms with Crippen LogP contribution in [0.5, 0.6) is 0 Å². The van der Waals surface area contributed by atoms with Gasteiger partial charge in [0.2, 0.25) is 5.91 Å². The second kappa shape index (κ2) is 8.34. The molecule has 0 aromatic heterocycles. The van der Waals surface area contributed by atoms with Crippen LogP contribution in [0.3, 0.4) is 0 Å². The Kier molecular flexibility index (Phi) is 7.07. The maximum Gasteiger partial charge on any atom is 0.326 e. The molecule has 7 heteroatoms. The van der Waals surface area contributed by atoms with Crippen molar-refractivity contribution in [3.8, 4) is 0 Å². The molecule has 0 radical (unpaired) electrons. The third-order valence-corrected chi connectivity index (χ3v) is 3.36. The molecule has 0 aromatic rings. The highest BCUT2D eigenvalue weighted by Crippen LogP contribution is 2.02. The zero-order valence-electron chi connectivity index (χ0n) is 10.6. The van der Waals surface area contributed by atoms with Crippen LogP contribution in [0.2, 0.25) is 0 Å². The van der Waals surface area contributed by atoms with E-state index in [9.17, 15) is 9.59 Å². The number of nitrogens with zero attached hydrogens (tertiary/aromatic N) is 1. The number of hydrogen-bond donors (Lipinski definition) is 2. The smallest absolute Gasteiger partial charge is 0.326 e. The number of nitrogens with one attached hydrogen (secondary N) is 1. The minimum Gasteiger partial charge on any atom is -0.480 e. The van der Waals surface area contributed by atoms with Crippen molar-refractivity contribution in [2.75, 3.05) is 44.9 Å². The van der Waals surface area contributed by atoms with Crippen LogP contribution >= 0.6 is 11.8 Å². The van der Waals surface area contributed by atoms with Crippen LogP contribution in [0, 0.1) is 0 Å². The van der Waals surface area contributed by atoms with Gasteiger partial charge in [-0.2, -0.15) is 11.8 Å². The van der Waals surface area contributed by atoms with Crippen LogP contribution < -0.4 is 5.32 Å². The molecule has 1 rings (SSSR count). The molecule has 0 bridgehead atoms. The van der Waals surface area contributed by atoms with E-state index in [1.54, 1.807) is 11.8 Å². The monoisotopic (exact) mass is 276 g/mol. The van der Waals surface area contributed by atoms with Gasteiger partial charge in [-0.15, -0.1) is 0 Å². The van der Waals surface area contributed by atoms with Gasteiger partial charge in [-0.1, -0.05) is 0 Å². The van der Waals surface area contributed by atoms with Crippen molar-refractivity contribution in [2.24, 2.45) is 0 Å². The molecule has 1 aliphatic heterocycles. The van der Waals surface area contributed by atoms with Crippen LogP contribution in [0.4, 0.5) is 0 Å². The molecule has 6 nitrogen and oxygen atoms in total. The maximum atomic E-state index is 11.7. The number of thioether (sulfide) groups is 1. The topological polar surface area (TPSA) is 78.9 Å². The minimum absolute atomic E-state index is 0.231. The summed E-state index contributed by atoms with van der Waals surface area (Å²) in [6, 6.07) is -0.786. The molecule has 1 atom stereocenters. The number of ether oxygens (including phenoxy) is 1. The normalized spacial score (nSPS) is 18.3. The molecule has 1 fully saturated rings. The van der Waals surface area contributed by atoms with Gasteiger partial charge in [0.05, 0.1) is 19.8 Å². The molecule has 1 aliphatic rings. The molecular formula is C11H20N2O4S. The van der Waals surface area contributed by atoms with E-state index >= 15 is 0 Å². The van der Waals surface area contributed by atoms with E-state index in [2.05, 4.69) is 5.32 Å². The Balaban J connectivity index is 2.32. The summed E-state index contributed by atoms with van der Waals surface area (Å²) in [4.78, 5) is 24.7. The summed E-state index contributed by atoms with van der Waals surface area (Å²) in [6.07, 6.45) is 2.36. The SMILES string of the molecule is CSCC[C@H](NC(=O)CN1CCOCC1)C(=O)O. The van der Waals surface area contributed by atoms with Gasteiger partial charge in [0, 0.05) is 13.1 Å². The lowest BCUT2D eigenvalue weighted by atomic mass is 10.2. The van der Waals surface area contributed by atoms with Crippen LogP contribution in [-0.2, 0) is 14.3 Å². The summed E-state index contributed by atoms with van der Waals surface area (Å²) < 4.78 is 5.18. The molecule has 0 unspecified atom stereocenters. The lowest BCUT2D eigenvalue weighted by Crippen LogP contribution is -2.48. The van der Waals surface area contributed by atoms with Crippen molar-refractivity contribution < 1.29 is 19.4 Å². The molecule has 1 amide bonds. The molecule has 0 spiro atoms. The molecule has 2 N–H and O–H groups in total. The second-order valence-corrected chi connectivity index (χ2v) is 5.11. The van der Waals surface area contributed by atoms with E-state index in [0.717, 1.165) is 18.8 Å². The number of aliphatic carboxylic acids is 1. The highest BCUT2D eigenvalue weighted by Gasteiger charge is 2.21. The van der Waals surface area contributed by atoms with E-state index in [1.807, 2.05) is 11.2 Å². The zero-order valence-corrected chi connectivity index (χ0v) is 11.4. The first-order valence-corrected chi connectivity index (χ1v) is 7.34. The number of carbonyl (C=O) groups is 2. The number of carboxylic acids is 1. The fourth-order valence-corrected chi connectivity index (χ4v) is 2.17. The Bertz CT molecular complexity index is 282. The molecular weight excluding hydrogens is 256 g/mol. The lowest BCUT2D eigenvalue weighted by molar-refractivity contribution is -0.142. The van der Waals surface area contributed by atoms with Crippen molar-refractivity contribution in [3.63, 3.8) is 0 Å². The largest absolute Gasteiger partial charge is 0.480 e. The highest BCUT2D eigenvalue weighted by atomic mass is 32.2. The molecule has 1 saturated heterocycles. The van der Waals surface area contributed by atoms with Crippen molar-refractivity contribution in [3.05, 3.63) is 0 Å². The van der Waals surface area contributed by atoms with Crippen LogP contribution in [0.25, 0.3) is 0 Å². The van der Waals surface area contributed by atoms with Gasteiger partial charge in [0.15, 0.2) is 0 Å². The van der Waals surface area contributed by atoms with Crippen LogP contribution in [-0.4, -0.2) is 72.8 Å². The number of hydrogen-bond acceptors (Lipinski definition) is 5. The van der Waals surface area contributed by atoms with Gasteiger partial charge in [0.25, 0.3) is 0 Å². The maximum absolute atomic E-state index is 11.7. The average molecular weight is 276 g/mol. The molecule has 104 valence electrons. The van der Waals surface area contributed by atoms with Crippen LogP contribution in [0.1, 0.15) is 6.42 Å². The van der Waals surface area contributed by atoms with E-state index in [0.29, 0.717) is 19.6 Å². The standard InChI is InChI=1S/C11H20N2O4S/c1-18-7-2-9(11(15)16)12-10(14)8-13-3-5-17-6-4-13/h9H,2-8H2,1H3,(H,12,14)(H,15,16)/t9-/m0/s1. The van der Waals surface area contributed by atoms with Crippen molar-refractivity contribution in [2.45, 2.75) is 12.5 Å². The Hall–Kier alpha value is -0.790. The van der Waals surface area contributed by atoms with Gasteiger partial charge in [-0.05, 0) is 18.4 Å². The van der Waals surface area contributed by atoms with E-state index in [4.69, 9.17) is 9.84 Å². The third-order valence-electron chi connectivity index (χ3n) is 2.71. The van der Waals surface area contributed by atoms with E-state index in [-0.39, 0.29) is 12.5 Å². The third kappa shape index (κ3) is 5.70. The Morgan fingerprint density at radius 2 is 2.11 bits per heavy atom. The van der Waals surface area contributed by atoms with Gasteiger partial charge < -0.3 is 15.2 Å². The fraction of sp³-hybridized carbons (Fsp3) is 0.818. The second-order valence-electron chi connectivity index (χ2n) is 4.13. The Labute approximate surface area is 111 Å². The first-order chi connectivity index (χ1) is 8.63. The number of carboxylic acid groups (broad SMARTS) is 1. The number of morpholine rings is 1. The summed E-state index contributed by atoms with van der Waals surface area (Å²) in [7, 11) is 0. The molecule has 0 aliphatic carbocycles. The Morgan fingerprint density at radius 1 is 1.44 bits per heavy atom. The van der Waals surface area contributed by atoms with Crippen molar-refractivity contribution >= 4 is 23.6 Å². The number of carbonyl (C=O) groups excluding carboxylic acids is 1. The van der Waals surface area contributed by atoms with Gasteiger partial charge in [-0.3, -0.25) is 9.69 Å². The van der Waals surface area contributed by atoms with Crippen LogP contribution in [0.15, 0.2) is 0 Å². The first kappa shape index (κ1) is 15.3. The van der Waals surface area contributed by atoms with Gasteiger partial charge in [-0.25, -0.2) is 4.79 Å². The minimum atomic E-state index is -0.973. The molecule has 1 heterocycles. The summed E-state index contributed by atoms with van der Waals surface area (Å²) in [5.41, 5.74) is 0. The highest BCUT2D eigenvalue weighted by molar-refractivity contribution is 7.98. The van der Waals surface area contributed by atoms with E-state index in [1.165, 1.54) is 0 Å². The van der Waals surface area contributed by atoms with Gasteiger partial charge >= 0.3 is 5.97 Å². The lowest BCUT2D eigenvalue weighted by Gasteiger charge is -2.26. The molecule has 0 aromatic carbocycles. The fourth-order valence-electron chi connectivity index (χ4n) is 1.70. The summed E-state index contributed by atoms with van der Waals surface area (Å²) in [5.74, 6) is -0.487. The van der Waals surface area contributed by atoms with Crippen molar-refractivity contribution in [1.82, 2.24) is 10.2 Å². The predicted molar refractivity (Wildman–Crippen MR) is 69.8 cm³/mol. The first-order valence-electron chi connectivity index (χ1n) is 5.94. The molecule has 18 heavy (non-hydrogen) atoms. The van der Waals surface area contributed by atoms with Crippen molar-refractivity contribution in [1.29, 1.82) is 0 Å². The summed E-state index contributed by atoms with van der Waals surface area (Å²) in [5, 5.41) is 11.6. The van der Waals surface area contributed by atoms with E-state index < -0.39 is 12.0 Å². The predicted octanol–water partition coefficient (Wildman–Crippen LogP) is -0.359. The molecule has 0 saturated carbocycles.